The van der Waals surface area contributed by atoms with E-state index >= 15 is 0 Å². The standard InChI is InChI=1S/C25H19Cl2N3O4/c1-14-6-9-18(13-20(14)26)30-24(32)21(27)22(25(30)33)28-17-5-3-4-15(12-17)23(31)29-16-7-10-19(34-2)11-8-16/h3-13,28H,1-2H3,(H,29,31). The number of benzene rings is 3. The molecule has 0 unspecified atom stereocenters. The Kier molecular flexibility index (Phi) is 6.58. The summed E-state index contributed by atoms with van der Waals surface area (Å²) in [6, 6.07) is 18.3. The number of carbonyl (C=O) groups is 3. The predicted molar refractivity (Wildman–Crippen MR) is 133 cm³/mol. The molecule has 9 heteroatoms. The Morgan fingerprint density at radius 3 is 2.32 bits per heavy atom. The molecule has 172 valence electrons. The second kappa shape index (κ2) is 9.59. The lowest BCUT2D eigenvalue weighted by molar-refractivity contribution is -0.120. The summed E-state index contributed by atoms with van der Waals surface area (Å²) in [6.07, 6.45) is 0. The van der Waals surface area contributed by atoms with Crippen LogP contribution in [0.25, 0.3) is 0 Å². The fraction of sp³-hybridized carbons (Fsp3) is 0.0800. The quantitative estimate of drug-likeness (QED) is 0.450. The maximum atomic E-state index is 13.0. The van der Waals surface area contributed by atoms with Crippen molar-refractivity contribution in [1.29, 1.82) is 0 Å². The van der Waals surface area contributed by atoms with Gasteiger partial charge < -0.3 is 15.4 Å². The molecule has 3 aromatic carbocycles. The maximum Gasteiger partial charge on any atom is 0.283 e. The molecule has 0 radical (unpaired) electrons. The van der Waals surface area contributed by atoms with Gasteiger partial charge in [-0.25, -0.2) is 4.90 Å². The summed E-state index contributed by atoms with van der Waals surface area (Å²) < 4.78 is 5.11. The minimum absolute atomic E-state index is 0.0870. The van der Waals surface area contributed by atoms with E-state index in [1.165, 1.54) is 6.07 Å². The minimum Gasteiger partial charge on any atom is -0.497 e. The van der Waals surface area contributed by atoms with Crippen LogP contribution in [0.4, 0.5) is 17.1 Å². The van der Waals surface area contributed by atoms with Crippen LogP contribution in [0.15, 0.2) is 77.5 Å². The number of aryl methyl sites for hydroxylation is 1. The Bertz CT molecular complexity index is 1340. The van der Waals surface area contributed by atoms with Gasteiger partial charge >= 0.3 is 0 Å². The molecule has 0 aromatic heterocycles. The molecule has 1 aliphatic heterocycles. The molecule has 0 saturated carbocycles. The summed E-state index contributed by atoms with van der Waals surface area (Å²) in [6.45, 7) is 1.82. The van der Waals surface area contributed by atoms with Gasteiger partial charge in [0.15, 0.2) is 0 Å². The lowest BCUT2D eigenvalue weighted by Crippen LogP contribution is -2.32. The van der Waals surface area contributed by atoms with E-state index in [0.717, 1.165) is 10.5 Å². The fourth-order valence-corrected chi connectivity index (χ4v) is 3.71. The molecule has 2 N–H and O–H groups in total. The molecule has 7 nitrogen and oxygen atoms in total. The number of ether oxygens (including phenoxy) is 1. The van der Waals surface area contributed by atoms with Crippen molar-refractivity contribution in [1.82, 2.24) is 0 Å². The summed E-state index contributed by atoms with van der Waals surface area (Å²) in [5.74, 6) is -0.962. The van der Waals surface area contributed by atoms with Gasteiger partial charge in [0.25, 0.3) is 17.7 Å². The SMILES string of the molecule is COc1ccc(NC(=O)c2cccc(NC3=C(Cl)C(=O)N(c4ccc(C)c(Cl)c4)C3=O)c2)cc1. The first-order valence-electron chi connectivity index (χ1n) is 10.2. The van der Waals surface area contributed by atoms with Crippen molar-refractivity contribution in [2.24, 2.45) is 0 Å². The van der Waals surface area contributed by atoms with Gasteiger partial charge in [-0.2, -0.15) is 0 Å². The topological polar surface area (TPSA) is 87.7 Å². The van der Waals surface area contributed by atoms with Crippen molar-refractivity contribution in [3.8, 4) is 5.75 Å². The average molecular weight is 496 g/mol. The first kappa shape index (κ1) is 23.4. The monoisotopic (exact) mass is 495 g/mol. The zero-order valence-electron chi connectivity index (χ0n) is 18.2. The van der Waals surface area contributed by atoms with E-state index in [0.29, 0.717) is 33.4 Å². The smallest absolute Gasteiger partial charge is 0.283 e. The molecule has 0 bridgehead atoms. The number of nitrogens with zero attached hydrogens (tertiary/aromatic N) is 1. The van der Waals surface area contributed by atoms with Gasteiger partial charge in [-0.1, -0.05) is 35.3 Å². The first-order chi connectivity index (χ1) is 16.3. The molecule has 3 amide bonds. The van der Waals surface area contributed by atoms with Crippen molar-refractivity contribution in [2.45, 2.75) is 6.92 Å². The first-order valence-corrected chi connectivity index (χ1v) is 10.9. The lowest BCUT2D eigenvalue weighted by Gasteiger charge is -2.16. The second-order valence-electron chi connectivity index (χ2n) is 7.46. The molecular formula is C25H19Cl2N3O4. The van der Waals surface area contributed by atoms with Crippen LogP contribution < -0.4 is 20.3 Å². The van der Waals surface area contributed by atoms with Crippen molar-refractivity contribution in [3.05, 3.63) is 93.6 Å². The molecule has 1 heterocycles. The highest BCUT2D eigenvalue weighted by Crippen LogP contribution is 2.32. The van der Waals surface area contributed by atoms with Gasteiger partial charge in [0.1, 0.15) is 16.5 Å². The largest absolute Gasteiger partial charge is 0.497 e. The van der Waals surface area contributed by atoms with E-state index in [4.69, 9.17) is 27.9 Å². The summed E-state index contributed by atoms with van der Waals surface area (Å²) in [5.41, 5.74) is 2.40. The number of imide groups is 1. The molecule has 34 heavy (non-hydrogen) atoms. The van der Waals surface area contributed by atoms with Gasteiger partial charge in [-0.05, 0) is 67.1 Å². The van der Waals surface area contributed by atoms with Gasteiger partial charge in [0, 0.05) is 22.0 Å². The Labute approximate surface area is 205 Å². The van der Waals surface area contributed by atoms with E-state index in [1.54, 1.807) is 67.8 Å². The number of carbonyl (C=O) groups excluding carboxylic acids is 3. The number of methoxy groups -OCH3 is 1. The number of amides is 3. The van der Waals surface area contributed by atoms with Crippen LogP contribution in [0.1, 0.15) is 15.9 Å². The fourth-order valence-electron chi connectivity index (χ4n) is 3.33. The summed E-state index contributed by atoms with van der Waals surface area (Å²) in [7, 11) is 1.56. The van der Waals surface area contributed by atoms with Crippen LogP contribution in [-0.4, -0.2) is 24.8 Å². The number of hydrogen-bond acceptors (Lipinski definition) is 5. The zero-order chi connectivity index (χ0) is 24.4. The molecule has 3 aromatic rings. The van der Waals surface area contributed by atoms with Crippen molar-refractivity contribution in [3.63, 3.8) is 0 Å². The predicted octanol–water partition coefficient (Wildman–Crippen LogP) is 5.35. The highest BCUT2D eigenvalue weighted by molar-refractivity contribution is 6.53. The Hall–Kier alpha value is -3.81. The normalized spacial score (nSPS) is 13.4. The number of rotatable bonds is 6. The van der Waals surface area contributed by atoms with Crippen LogP contribution in [0.3, 0.4) is 0 Å². The molecular weight excluding hydrogens is 477 g/mol. The Morgan fingerprint density at radius 1 is 0.912 bits per heavy atom. The summed E-state index contributed by atoms with van der Waals surface area (Å²) in [4.78, 5) is 39.3. The number of halogens is 2. The van der Waals surface area contributed by atoms with E-state index in [9.17, 15) is 14.4 Å². The Morgan fingerprint density at radius 2 is 1.65 bits per heavy atom. The van der Waals surface area contributed by atoms with Crippen molar-refractivity contribution < 1.29 is 19.1 Å². The van der Waals surface area contributed by atoms with Gasteiger partial charge in [-0.3, -0.25) is 14.4 Å². The van der Waals surface area contributed by atoms with E-state index in [-0.39, 0.29) is 16.6 Å². The summed E-state index contributed by atoms with van der Waals surface area (Å²) >= 11 is 12.4. The average Bonchev–Trinajstić information content (AvgIpc) is 3.04. The van der Waals surface area contributed by atoms with E-state index in [2.05, 4.69) is 10.6 Å². The van der Waals surface area contributed by atoms with Gasteiger partial charge in [0.2, 0.25) is 0 Å². The third-order valence-electron chi connectivity index (χ3n) is 5.18. The zero-order valence-corrected chi connectivity index (χ0v) is 19.7. The number of hydrogen-bond donors (Lipinski definition) is 2. The molecule has 0 atom stereocenters. The third-order valence-corrected chi connectivity index (χ3v) is 5.94. The lowest BCUT2D eigenvalue weighted by atomic mass is 10.1. The van der Waals surface area contributed by atoms with Crippen LogP contribution in [0.5, 0.6) is 5.75 Å². The van der Waals surface area contributed by atoms with E-state index < -0.39 is 11.8 Å². The molecule has 0 saturated heterocycles. The van der Waals surface area contributed by atoms with E-state index in [1.807, 2.05) is 6.92 Å². The van der Waals surface area contributed by atoms with Crippen LogP contribution in [0, 0.1) is 6.92 Å². The van der Waals surface area contributed by atoms with Crippen molar-refractivity contribution >= 4 is 58.0 Å². The molecule has 0 spiro atoms. The third kappa shape index (κ3) is 4.62. The molecule has 1 aliphatic rings. The second-order valence-corrected chi connectivity index (χ2v) is 8.24. The minimum atomic E-state index is -0.664. The van der Waals surface area contributed by atoms with Gasteiger partial charge in [-0.15, -0.1) is 0 Å². The number of anilines is 3. The molecule has 0 fully saturated rings. The highest BCUT2D eigenvalue weighted by atomic mass is 35.5. The summed E-state index contributed by atoms with van der Waals surface area (Å²) in [5, 5.41) is 5.84. The van der Waals surface area contributed by atoms with Crippen LogP contribution in [-0.2, 0) is 9.59 Å². The number of nitrogens with one attached hydrogen (secondary N) is 2. The van der Waals surface area contributed by atoms with Crippen LogP contribution in [0.2, 0.25) is 5.02 Å². The van der Waals surface area contributed by atoms with Crippen molar-refractivity contribution in [2.75, 3.05) is 22.6 Å². The molecule has 4 rings (SSSR count). The van der Waals surface area contributed by atoms with Gasteiger partial charge in [0.05, 0.1) is 12.8 Å². The highest BCUT2D eigenvalue weighted by Gasteiger charge is 2.39. The van der Waals surface area contributed by atoms with Crippen LogP contribution >= 0.6 is 23.2 Å². The maximum absolute atomic E-state index is 13.0. The Balaban J connectivity index is 1.52. The molecule has 0 aliphatic carbocycles.